The van der Waals surface area contributed by atoms with E-state index in [-0.39, 0.29) is 5.79 Å². The average molecular weight is 334 g/mol. The lowest BCUT2D eigenvalue weighted by molar-refractivity contribution is -0.236. The first-order valence-corrected chi connectivity index (χ1v) is 10.2. The van der Waals surface area contributed by atoms with E-state index in [9.17, 15) is 0 Å². The fraction of sp³-hybridized carbons (Fsp3) is 0.652. The maximum Gasteiger partial charge on any atom is 0.180 e. The van der Waals surface area contributed by atoms with Crippen LogP contribution in [-0.2, 0) is 9.47 Å². The summed E-state index contributed by atoms with van der Waals surface area (Å²) in [6.07, 6.45) is 7.79. The fourth-order valence-electron chi connectivity index (χ4n) is 9.34. The molecule has 0 spiro atoms. The zero-order valence-corrected chi connectivity index (χ0v) is 15.0. The molecule has 2 heteroatoms. The minimum Gasteiger partial charge on any atom is -0.352 e. The number of hydrogen-bond donors (Lipinski definition) is 0. The average Bonchev–Trinajstić information content (AvgIpc) is 3.45. The number of methoxy groups -OCH3 is 2. The molecule has 0 aromatic heterocycles. The Bertz CT molecular complexity index is 734. The summed E-state index contributed by atoms with van der Waals surface area (Å²) in [4.78, 5) is 0. The van der Waals surface area contributed by atoms with Crippen molar-refractivity contribution < 1.29 is 9.47 Å². The van der Waals surface area contributed by atoms with E-state index in [0.29, 0.717) is 11.8 Å². The van der Waals surface area contributed by atoms with Gasteiger partial charge in [-0.15, -0.1) is 0 Å². The van der Waals surface area contributed by atoms with Crippen molar-refractivity contribution >= 4 is 0 Å². The zero-order valence-electron chi connectivity index (χ0n) is 15.0. The van der Waals surface area contributed by atoms with Crippen LogP contribution in [0.5, 0.6) is 0 Å². The van der Waals surface area contributed by atoms with Gasteiger partial charge in [-0.05, 0) is 71.3 Å². The lowest BCUT2D eigenvalue weighted by atomic mass is 9.60. The maximum absolute atomic E-state index is 6.06. The van der Waals surface area contributed by atoms with Crippen molar-refractivity contribution in [1.82, 2.24) is 0 Å². The molecule has 0 radical (unpaired) electrons. The van der Waals surface area contributed by atoms with Gasteiger partial charge in [-0.25, -0.2) is 0 Å². The van der Waals surface area contributed by atoms with Crippen LogP contribution < -0.4 is 0 Å². The molecule has 10 atom stereocenters. The summed E-state index contributed by atoms with van der Waals surface area (Å²) in [5.74, 6) is 7.52. The fourth-order valence-corrected chi connectivity index (χ4v) is 9.34. The number of rotatable bonds is 2. The molecule has 0 unspecified atom stereocenters. The number of ether oxygens (including phenoxy) is 2. The van der Waals surface area contributed by atoms with Crippen molar-refractivity contribution in [3.05, 3.63) is 47.5 Å². The van der Waals surface area contributed by atoms with E-state index in [1.54, 1.807) is 11.1 Å². The summed E-state index contributed by atoms with van der Waals surface area (Å²) < 4.78 is 12.1. The Morgan fingerprint density at radius 2 is 1.28 bits per heavy atom. The third kappa shape index (κ3) is 1.26. The standard InChI is InChI=1S/C23H26O2/c1-24-23(25-2)17-7-8-18(23)22-16-10-15(21(17)22)19-13-9-14(20(16)19)12-6-4-3-5-11(12)13/h3-8,13-22H,9-10H2,1-2H3/t13-,14+,15-,16+,17-,18+,19-,20+,21+,22-. The van der Waals surface area contributed by atoms with Gasteiger partial charge in [0.2, 0.25) is 0 Å². The first-order chi connectivity index (χ1) is 12.3. The molecule has 2 nitrogen and oxygen atoms in total. The van der Waals surface area contributed by atoms with Crippen LogP contribution in [0, 0.1) is 47.3 Å². The lowest BCUT2D eigenvalue weighted by Gasteiger charge is -2.44. The molecule has 6 aliphatic carbocycles. The summed E-state index contributed by atoms with van der Waals surface area (Å²) in [5.41, 5.74) is 3.39. The van der Waals surface area contributed by atoms with E-state index in [1.807, 2.05) is 14.2 Å². The van der Waals surface area contributed by atoms with Crippen molar-refractivity contribution in [2.75, 3.05) is 14.2 Å². The number of hydrogen-bond acceptors (Lipinski definition) is 2. The van der Waals surface area contributed by atoms with Crippen molar-refractivity contribution in [2.45, 2.75) is 30.5 Å². The van der Waals surface area contributed by atoms with Crippen LogP contribution >= 0.6 is 0 Å². The number of benzene rings is 1. The third-order valence-electron chi connectivity index (χ3n) is 9.57. The Kier molecular flexibility index (Phi) is 2.37. The van der Waals surface area contributed by atoms with Gasteiger partial charge in [0.15, 0.2) is 5.79 Å². The van der Waals surface area contributed by atoms with E-state index in [4.69, 9.17) is 9.47 Å². The molecule has 4 saturated carbocycles. The van der Waals surface area contributed by atoms with Crippen LogP contribution in [0.1, 0.15) is 35.8 Å². The second-order valence-electron chi connectivity index (χ2n) is 9.52. The summed E-state index contributed by atoms with van der Waals surface area (Å²) in [6.45, 7) is 0. The monoisotopic (exact) mass is 334 g/mol. The Labute approximate surface area is 149 Å². The molecular formula is C23H26O2. The molecule has 25 heavy (non-hydrogen) atoms. The Morgan fingerprint density at radius 3 is 1.76 bits per heavy atom. The van der Waals surface area contributed by atoms with Gasteiger partial charge >= 0.3 is 0 Å². The van der Waals surface area contributed by atoms with Gasteiger partial charge in [-0.2, -0.15) is 0 Å². The predicted octanol–water partition coefficient (Wildman–Crippen LogP) is 4.19. The maximum atomic E-state index is 6.06. The van der Waals surface area contributed by atoms with E-state index in [0.717, 1.165) is 47.3 Å². The van der Waals surface area contributed by atoms with Gasteiger partial charge in [0, 0.05) is 26.1 Å². The van der Waals surface area contributed by atoms with E-state index < -0.39 is 0 Å². The minimum absolute atomic E-state index is 0.364. The summed E-state index contributed by atoms with van der Waals surface area (Å²) in [7, 11) is 3.72. The van der Waals surface area contributed by atoms with E-state index >= 15 is 0 Å². The summed E-state index contributed by atoms with van der Waals surface area (Å²) in [5, 5.41) is 0. The molecule has 4 fully saturated rings. The van der Waals surface area contributed by atoms with Crippen LogP contribution in [0.25, 0.3) is 0 Å². The highest BCUT2D eigenvalue weighted by Crippen LogP contribution is 2.79. The molecule has 7 rings (SSSR count). The highest BCUT2D eigenvalue weighted by atomic mass is 16.7. The van der Waals surface area contributed by atoms with Crippen LogP contribution in [-0.4, -0.2) is 20.0 Å². The van der Waals surface area contributed by atoms with Crippen molar-refractivity contribution in [1.29, 1.82) is 0 Å². The molecule has 1 aromatic carbocycles. The molecule has 6 aliphatic rings. The molecule has 0 N–H and O–H groups in total. The molecule has 0 aliphatic heterocycles. The quantitative estimate of drug-likeness (QED) is 0.459. The first-order valence-electron chi connectivity index (χ1n) is 10.2. The van der Waals surface area contributed by atoms with Gasteiger partial charge in [-0.1, -0.05) is 36.4 Å². The zero-order chi connectivity index (χ0) is 16.5. The topological polar surface area (TPSA) is 18.5 Å². The molecular weight excluding hydrogens is 308 g/mol. The summed E-state index contributed by atoms with van der Waals surface area (Å²) in [6, 6.07) is 9.36. The molecule has 1 aromatic rings. The van der Waals surface area contributed by atoms with Crippen molar-refractivity contribution in [3.8, 4) is 0 Å². The predicted molar refractivity (Wildman–Crippen MR) is 95.0 cm³/mol. The van der Waals surface area contributed by atoms with Gasteiger partial charge in [0.1, 0.15) is 0 Å². The molecule has 6 bridgehead atoms. The molecule has 130 valence electrons. The smallest absolute Gasteiger partial charge is 0.180 e. The van der Waals surface area contributed by atoms with Crippen molar-refractivity contribution in [3.63, 3.8) is 0 Å². The SMILES string of the molecule is COC1(OC)[C@@H]2C=C[C@H]1[C@H]1[C@H]3C[C@H]([C@@H]4[C@H]3[C@H]3C[C@@H]4c4ccccc43)[C@H]12. The largest absolute Gasteiger partial charge is 0.352 e. The van der Waals surface area contributed by atoms with Crippen LogP contribution in [0.4, 0.5) is 0 Å². The second kappa shape index (κ2) is 4.23. The van der Waals surface area contributed by atoms with Crippen molar-refractivity contribution in [2.24, 2.45) is 47.3 Å². The van der Waals surface area contributed by atoms with Crippen LogP contribution in [0.15, 0.2) is 36.4 Å². The Morgan fingerprint density at radius 1 is 0.760 bits per heavy atom. The Balaban J connectivity index is 1.35. The lowest BCUT2D eigenvalue weighted by Crippen LogP contribution is -2.41. The van der Waals surface area contributed by atoms with Gasteiger partial charge in [-0.3, -0.25) is 0 Å². The molecule has 0 saturated heterocycles. The number of fused-ring (bicyclic) bond motifs is 19. The normalized spacial score (nSPS) is 54.2. The van der Waals surface area contributed by atoms with E-state index in [1.165, 1.54) is 12.8 Å². The summed E-state index contributed by atoms with van der Waals surface area (Å²) >= 11 is 0. The first kappa shape index (κ1) is 14.0. The second-order valence-corrected chi connectivity index (χ2v) is 9.52. The minimum atomic E-state index is -0.364. The van der Waals surface area contributed by atoms with Gasteiger partial charge in [0.05, 0.1) is 0 Å². The highest BCUT2D eigenvalue weighted by Gasteiger charge is 2.76. The van der Waals surface area contributed by atoms with Crippen LogP contribution in [0.2, 0.25) is 0 Å². The molecule has 0 heterocycles. The highest BCUT2D eigenvalue weighted by molar-refractivity contribution is 5.46. The Hall–Kier alpha value is -1.12. The van der Waals surface area contributed by atoms with Crippen LogP contribution in [0.3, 0.4) is 0 Å². The van der Waals surface area contributed by atoms with E-state index in [2.05, 4.69) is 36.4 Å². The molecule has 0 amide bonds. The third-order valence-corrected chi connectivity index (χ3v) is 9.57. The van der Waals surface area contributed by atoms with Gasteiger partial charge < -0.3 is 9.47 Å². The van der Waals surface area contributed by atoms with Gasteiger partial charge in [0.25, 0.3) is 0 Å².